The minimum atomic E-state index is 0.641. The predicted octanol–water partition coefficient (Wildman–Crippen LogP) is 1.55. The van der Waals surface area contributed by atoms with Crippen molar-refractivity contribution < 1.29 is 14.8 Å². The molecule has 0 aliphatic heterocycles. The monoisotopic (exact) mass is 274 g/mol. The van der Waals surface area contributed by atoms with Crippen LogP contribution in [-0.2, 0) is 6.54 Å². The Hall–Kier alpha value is -0.740. The lowest BCUT2D eigenvalue weighted by Gasteiger charge is -2.12. The highest BCUT2D eigenvalue weighted by Crippen LogP contribution is 2.36. The van der Waals surface area contributed by atoms with E-state index in [0.717, 1.165) is 22.5 Å². The summed E-state index contributed by atoms with van der Waals surface area (Å²) in [6, 6.07) is 4.08. The van der Waals surface area contributed by atoms with Gasteiger partial charge in [0, 0.05) is 5.56 Å². The van der Waals surface area contributed by atoms with Crippen molar-refractivity contribution >= 4 is 15.9 Å². The van der Waals surface area contributed by atoms with Crippen LogP contribution in [-0.4, -0.2) is 20.8 Å². The van der Waals surface area contributed by atoms with Crippen molar-refractivity contribution in [1.82, 2.24) is 0 Å². The lowest BCUT2D eigenvalue weighted by atomic mass is 10.2. The van der Waals surface area contributed by atoms with Gasteiger partial charge < -0.3 is 14.8 Å². The fraction of sp³-hybridized carbons (Fsp3) is 0.455. The van der Waals surface area contributed by atoms with Crippen LogP contribution in [0, 0.1) is 0 Å². The van der Waals surface area contributed by atoms with Crippen molar-refractivity contribution in [2.75, 3.05) is 20.8 Å². The summed E-state index contributed by atoms with van der Waals surface area (Å²) in [5.74, 6) is 1.56. The summed E-state index contributed by atoms with van der Waals surface area (Å²) >= 11 is 3.48. The van der Waals surface area contributed by atoms with E-state index in [9.17, 15) is 0 Å². The van der Waals surface area contributed by atoms with E-state index in [4.69, 9.17) is 9.47 Å². The number of methoxy groups -OCH3 is 1. The molecule has 2 N–H and O–H groups in total. The predicted molar refractivity (Wildman–Crippen MR) is 63.4 cm³/mol. The smallest absolute Gasteiger partial charge is 0.174 e. The van der Waals surface area contributed by atoms with Crippen LogP contribution in [0.15, 0.2) is 16.6 Å². The molecule has 0 fully saturated rings. The van der Waals surface area contributed by atoms with Crippen molar-refractivity contribution in [1.29, 1.82) is 0 Å². The molecule has 4 heteroatoms. The van der Waals surface area contributed by atoms with E-state index in [1.807, 2.05) is 20.0 Å². The van der Waals surface area contributed by atoms with Gasteiger partial charge in [0.05, 0.1) is 25.2 Å². The Morgan fingerprint density at radius 3 is 2.67 bits per heavy atom. The second-order valence-electron chi connectivity index (χ2n) is 3.15. The van der Waals surface area contributed by atoms with E-state index < -0.39 is 0 Å². The molecule has 1 aromatic rings. The van der Waals surface area contributed by atoms with Crippen LogP contribution >= 0.6 is 15.9 Å². The van der Waals surface area contributed by atoms with E-state index in [1.54, 1.807) is 7.11 Å². The van der Waals surface area contributed by atoms with Crippen LogP contribution in [0.3, 0.4) is 0 Å². The minimum Gasteiger partial charge on any atom is -0.492 e. The summed E-state index contributed by atoms with van der Waals surface area (Å²) in [7, 11) is 3.69. The van der Waals surface area contributed by atoms with Crippen molar-refractivity contribution in [3.63, 3.8) is 0 Å². The molecule has 1 rings (SSSR count). The third-order valence-electron chi connectivity index (χ3n) is 2.01. The molecule has 84 valence electrons. The van der Waals surface area contributed by atoms with E-state index >= 15 is 0 Å². The van der Waals surface area contributed by atoms with Gasteiger partial charge in [0.1, 0.15) is 6.54 Å². The molecule has 0 atom stereocenters. The highest BCUT2D eigenvalue weighted by Gasteiger charge is 2.11. The molecular weight excluding hydrogens is 258 g/mol. The third kappa shape index (κ3) is 3.11. The molecule has 0 spiro atoms. The number of hydrogen-bond acceptors (Lipinski definition) is 2. The van der Waals surface area contributed by atoms with E-state index in [1.165, 1.54) is 5.56 Å². The lowest BCUT2D eigenvalue weighted by Crippen LogP contribution is -2.77. The quantitative estimate of drug-likeness (QED) is 0.885. The number of nitrogens with two attached hydrogens (primary N) is 1. The van der Waals surface area contributed by atoms with Crippen molar-refractivity contribution in [3.8, 4) is 11.5 Å². The molecule has 15 heavy (non-hydrogen) atoms. The molecule has 0 aromatic heterocycles. The zero-order valence-corrected chi connectivity index (χ0v) is 10.9. The number of ether oxygens (including phenoxy) is 2. The van der Waals surface area contributed by atoms with Crippen LogP contribution < -0.4 is 14.8 Å². The van der Waals surface area contributed by atoms with Gasteiger partial charge in [-0.25, -0.2) is 0 Å². The first-order valence-corrected chi connectivity index (χ1v) is 5.79. The molecule has 0 aliphatic carbocycles. The van der Waals surface area contributed by atoms with Crippen LogP contribution in [0.1, 0.15) is 12.5 Å². The number of quaternary nitrogens is 1. The second kappa shape index (κ2) is 5.98. The zero-order chi connectivity index (χ0) is 11.3. The highest BCUT2D eigenvalue weighted by molar-refractivity contribution is 9.10. The minimum absolute atomic E-state index is 0.641. The average Bonchev–Trinajstić information content (AvgIpc) is 2.18. The second-order valence-corrected chi connectivity index (χ2v) is 4.01. The summed E-state index contributed by atoms with van der Waals surface area (Å²) in [6.07, 6.45) is 0. The maximum atomic E-state index is 5.53. The Labute approximate surface area is 98.9 Å². The Kier molecular flexibility index (Phi) is 4.91. The molecular formula is C11H17BrNO2+. The fourth-order valence-electron chi connectivity index (χ4n) is 1.44. The highest BCUT2D eigenvalue weighted by atomic mass is 79.9. The van der Waals surface area contributed by atoms with E-state index in [2.05, 4.69) is 27.3 Å². The summed E-state index contributed by atoms with van der Waals surface area (Å²) in [4.78, 5) is 0. The average molecular weight is 275 g/mol. The number of benzene rings is 1. The molecule has 0 saturated heterocycles. The molecule has 0 radical (unpaired) electrons. The Bertz CT molecular complexity index is 329. The van der Waals surface area contributed by atoms with Crippen molar-refractivity contribution in [2.45, 2.75) is 13.5 Å². The maximum absolute atomic E-state index is 5.53. The Morgan fingerprint density at radius 2 is 2.13 bits per heavy atom. The van der Waals surface area contributed by atoms with Gasteiger partial charge in [-0.15, -0.1) is 0 Å². The number of hydrogen-bond donors (Lipinski definition) is 1. The van der Waals surface area contributed by atoms with Crippen LogP contribution in [0.25, 0.3) is 0 Å². The number of rotatable bonds is 5. The topological polar surface area (TPSA) is 35.1 Å². The maximum Gasteiger partial charge on any atom is 0.174 e. The first kappa shape index (κ1) is 12.3. The van der Waals surface area contributed by atoms with Crippen molar-refractivity contribution in [2.24, 2.45) is 0 Å². The first-order chi connectivity index (χ1) is 7.22. The molecule has 0 aliphatic rings. The van der Waals surface area contributed by atoms with Gasteiger partial charge in [0.2, 0.25) is 0 Å². The van der Waals surface area contributed by atoms with E-state index in [-0.39, 0.29) is 0 Å². The van der Waals surface area contributed by atoms with Gasteiger partial charge in [0.25, 0.3) is 0 Å². The number of halogens is 1. The van der Waals surface area contributed by atoms with E-state index in [0.29, 0.717) is 6.61 Å². The molecule has 3 nitrogen and oxygen atoms in total. The summed E-state index contributed by atoms with van der Waals surface area (Å²) in [6.45, 7) is 3.54. The SMILES string of the molecule is CCOc1cc(C[NH2+]C)cc(Br)c1OC. The molecule has 1 aromatic carbocycles. The fourth-order valence-corrected chi connectivity index (χ4v) is 2.09. The largest absolute Gasteiger partial charge is 0.492 e. The summed E-state index contributed by atoms with van der Waals surface area (Å²) in [5.41, 5.74) is 1.22. The third-order valence-corrected chi connectivity index (χ3v) is 2.60. The lowest BCUT2D eigenvalue weighted by molar-refractivity contribution is -0.643. The summed E-state index contributed by atoms with van der Waals surface area (Å²) in [5, 5.41) is 2.12. The van der Waals surface area contributed by atoms with Gasteiger partial charge in [-0.1, -0.05) is 0 Å². The first-order valence-electron chi connectivity index (χ1n) is 5.00. The zero-order valence-electron chi connectivity index (χ0n) is 9.34. The molecule has 0 unspecified atom stereocenters. The van der Waals surface area contributed by atoms with Crippen LogP contribution in [0.2, 0.25) is 0 Å². The molecule has 0 saturated carbocycles. The molecule has 0 amide bonds. The van der Waals surface area contributed by atoms with Crippen molar-refractivity contribution in [3.05, 3.63) is 22.2 Å². The van der Waals surface area contributed by atoms with Gasteiger partial charge in [-0.3, -0.25) is 0 Å². The molecule has 0 bridgehead atoms. The normalized spacial score (nSPS) is 10.1. The van der Waals surface area contributed by atoms with Gasteiger partial charge in [-0.05, 0) is 35.0 Å². The van der Waals surface area contributed by atoms with Crippen LogP contribution in [0.5, 0.6) is 11.5 Å². The van der Waals surface area contributed by atoms with Crippen LogP contribution in [0.4, 0.5) is 0 Å². The van der Waals surface area contributed by atoms with Gasteiger partial charge in [0.15, 0.2) is 11.5 Å². The Balaban J connectivity index is 3.07. The van der Waals surface area contributed by atoms with Gasteiger partial charge >= 0.3 is 0 Å². The Morgan fingerprint density at radius 1 is 1.40 bits per heavy atom. The standard InChI is InChI=1S/C11H16BrNO2/c1-4-15-10-6-8(7-13-2)5-9(12)11(10)14-3/h5-6,13H,4,7H2,1-3H3/p+1. The van der Waals surface area contributed by atoms with Gasteiger partial charge in [-0.2, -0.15) is 0 Å². The molecule has 0 heterocycles. The summed E-state index contributed by atoms with van der Waals surface area (Å²) < 4.78 is 11.7.